The van der Waals surface area contributed by atoms with Crippen molar-refractivity contribution in [3.8, 4) is 0 Å². The van der Waals surface area contributed by atoms with Crippen molar-refractivity contribution in [2.24, 2.45) is 0 Å². The highest BCUT2D eigenvalue weighted by molar-refractivity contribution is 7.98. The third-order valence-corrected chi connectivity index (χ3v) is 5.84. The fraction of sp³-hybridized carbons (Fsp3) is 0.304. The number of hydrogen-bond donors (Lipinski definition) is 1. The molecule has 6 heteroatoms. The van der Waals surface area contributed by atoms with Gasteiger partial charge in [-0.3, -0.25) is 4.79 Å². The zero-order valence-electron chi connectivity index (χ0n) is 17.4. The van der Waals surface area contributed by atoms with Crippen LogP contribution < -0.4 is 5.32 Å². The number of carbonyl (C=O) groups excluding carboxylic acids is 1. The molecular weight excluding hydrogens is 382 g/mol. The number of thioether (sulfide) groups is 1. The average molecular weight is 410 g/mol. The molecule has 0 saturated carbocycles. The quantitative estimate of drug-likeness (QED) is 0.534. The van der Waals surface area contributed by atoms with Gasteiger partial charge in [-0.1, -0.05) is 29.4 Å². The Bertz CT molecular complexity index is 945. The second-order valence-corrected chi connectivity index (χ2v) is 8.31. The molecule has 1 aromatic heterocycles. The van der Waals surface area contributed by atoms with Gasteiger partial charge in [-0.05, 0) is 64.2 Å². The van der Waals surface area contributed by atoms with Crippen LogP contribution in [0.5, 0.6) is 0 Å². The molecule has 1 N–H and O–H groups in total. The van der Waals surface area contributed by atoms with Crippen molar-refractivity contribution in [2.45, 2.75) is 30.9 Å². The van der Waals surface area contributed by atoms with Gasteiger partial charge in [0.15, 0.2) is 0 Å². The summed E-state index contributed by atoms with van der Waals surface area (Å²) in [7, 11) is 4.13. The van der Waals surface area contributed by atoms with Gasteiger partial charge in [0.05, 0.1) is 11.3 Å². The standard InChI is InChI=1S/C23H27N3O2S/c1-16-21(17(2)28-25-16)15-29-22-8-6-5-7-20(22)23(27)24-19-11-9-18(10-12-19)13-14-26(3)4/h5-12H,13-15H2,1-4H3,(H,24,27). The van der Waals surface area contributed by atoms with Gasteiger partial charge in [0.2, 0.25) is 0 Å². The Balaban J connectivity index is 1.66. The third-order valence-electron chi connectivity index (χ3n) is 4.74. The minimum atomic E-state index is -0.104. The number of amides is 1. The van der Waals surface area contributed by atoms with E-state index in [1.165, 1.54) is 5.56 Å². The predicted octanol–water partition coefficient (Wildman–Crippen LogP) is 4.94. The molecule has 0 atom stereocenters. The second-order valence-electron chi connectivity index (χ2n) is 7.29. The Morgan fingerprint density at radius 3 is 2.48 bits per heavy atom. The number of anilines is 1. The minimum Gasteiger partial charge on any atom is -0.361 e. The number of rotatable bonds is 8. The van der Waals surface area contributed by atoms with Crippen LogP contribution in [0.2, 0.25) is 0 Å². The molecule has 0 unspecified atom stereocenters. The van der Waals surface area contributed by atoms with E-state index in [0.29, 0.717) is 11.3 Å². The van der Waals surface area contributed by atoms with Crippen LogP contribution in [-0.2, 0) is 12.2 Å². The van der Waals surface area contributed by atoms with Gasteiger partial charge in [-0.15, -0.1) is 11.8 Å². The number of benzene rings is 2. The average Bonchev–Trinajstić information content (AvgIpc) is 3.03. The van der Waals surface area contributed by atoms with E-state index in [2.05, 4.69) is 41.6 Å². The number of aromatic nitrogens is 1. The number of likely N-dealkylation sites (N-methyl/N-ethyl adjacent to an activating group) is 1. The van der Waals surface area contributed by atoms with Gasteiger partial charge in [0.25, 0.3) is 5.91 Å². The highest BCUT2D eigenvalue weighted by Crippen LogP contribution is 2.29. The first-order valence-corrected chi connectivity index (χ1v) is 10.6. The first-order valence-electron chi connectivity index (χ1n) is 9.62. The molecule has 0 bridgehead atoms. The van der Waals surface area contributed by atoms with E-state index >= 15 is 0 Å². The fourth-order valence-corrected chi connectivity index (χ4v) is 4.15. The third kappa shape index (κ3) is 5.71. The van der Waals surface area contributed by atoms with Crippen LogP contribution in [0.25, 0.3) is 0 Å². The van der Waals surface area contributed by atoms with Gasteiger partial charge < -0.3 is 14.7 Å². The van der Waals surface area contributed by atoms with Crippen molar-refractivity contribution in [3.63, 3.8) is 0 Å². The van der Waals surface area contributed by atoms with Crippen molar-refractivity contribution in [1.82, 2.24) is 10.1 Å². The molecule has 1 heterocycles. The summed E-state index contributed by atoms with van der Waals surface area (Å²) in [5, 5.41) is 7.01. The first-order chi connectivity index (χ1) is 13.9. The molecular formula is C23H27N3O2S. The van der Waals surface area contributed by atoms with Crippen LogP contribution in [-0.4, -0.2) is 36.6 Å². The molecule has 3 aromatic rings. The lowest BCUT2D eigenvalue weighted by Gasteiger charge is -2.11. The number of hydrogen-bond acceptors (Lipinski definition) is 5. The molecule has 0 radical (unpaired) electrons. The molecule has 152 valence electrons. The van der Waals surface area contributed by atoms with Crippen LogP contribution in [0.1, 0.15) is 32.9 Å². The zero-order valence-corrected chi connectivity index (χ0v) is 18.2. The maximum atomic E-state index is 12.9. The van der Waals surface area contributed by atoms with Gasteiger partial charge in [0.1, 0.15) is 5.76 Å². The summed E-state index contributed by atoms with van der Waals surface area (Å²) in [5.74, 6) is 1.44. The van der Waals surface area contributed by atoms with Gasteiger partial charge in [-0.2, -0.15) is 0 Å². The van der Waals surface area contributed by atoms with Crippen molar-refractivity contribution in [1.29, 1.82) is 0 Å². The summed E-state index contributed by atoms with van der Waals surface area (Å²) >= 11 is 1.62. The number of aryl methyl sites for hydroxylation is 2. The summed E-state index contributed by atoms with van der Waals surface area (Å²) < 4.78 is 5.24. The maximum Gasteiger partial charge on any atom is 0.256 e. The van der Waals surface area contributed by atoms with Crippen LogP contribution in [0.15, 0.2) is 57.9 Å². The number of nitrogens with one attached hydrogen (secondary N) is 1. The van der Waals surface area contributed by atoms with Crippen molar-refractivity contribution in [3.05, 3.63) is 76.7 Å². The number of carbonyl (C=O) groups is 1. The topological polar surface area (TPSA) is 58.4 Å². The predicted molar refractivity (Wildman–Crippen MR) is 119 cm³/mol. The molecule has 0 aliphatic heterocycles. The molecule has 0 saturated heterocycles. The Labute approximate surface area is 176 Å². The lowest BCUT2D eigenvalue weighted by molar-refractivity contribution is 0.102. The molecule has 0 spiro atoms. The Morgan fingerprint density at radius 2 is 1.83 bits per heavy atom. The van der Waals surface area contributed by atoms with E-state index < -0.39 is 0 Å². The Hall–Kier alpha value is -2.57. The molecule has 29 heavy (non-hydrogen) atoms. The van der Waals surface area contributed by atoms with Crippen LogP contribution in [0.3, 0.4) is 0 Å². The van der Waals surface area contributed by atoms with Crippen LogP contribution in [0.4, 0.5) is 5.69 Å². The van der Waals surface area contributed by atoms with E-state index in [0.717, 1.165) is 40.6 Å². The van der Waals surface area contributed by atoms with Crippen LogP contribution >= 0.6 is 11.8 Å². The normalized spacial score (nSPS) is 11.1. The maximum absolute atomic E-state index is 12.9. The van der Waals surface area contributed by atoms with E-state index in [1.807, 2.05) is 50.2 Å². The molecule has 2 aromatic carbocycles. The summed E-state index contributed by atoms with van der Waals surface area (Å²) in [5.41, 5.74) is 4.70. The molecule has 1 amide bonds. The summed E-state index contributed by atoms with van der Waals surface area (Å²) in [6.45, 7) is 4.85. The molecule has 0 aliphatic carbocycles. The lowest BCUT2D eigenvalue weighted by Crippen LogP contribution is -2.15. The fourth-order valence-electron chi connectivity index (χ4n) is 2.94. The highest BCUT2D eigenvalue weighted by atomic mass is 32.2. The molecule has 5 nitrogen and oxygen atoms in total. The van der Waals surface area contributed by atoms with Crippen molar-refractivity contribution in [2.75, 3.05) is 26.0 Å². The first kappa shape index (κ1) is 21.1. The monoisotopic (exact) mass is 409 g/mol. The smallest absolute Gasteiger partial charge is 0.256 e. The molecule has 3 rings (SSSR count). The summed E-state index contributed by atoms with van der Waals surface area (Å²) in [4.78, 5) is 16.0. The van der Waals surface area contributed by atoms with Gasteiger partial charge in [-0.25, -0.2) is 0 Å². The zero-order chi connectivity index (χ0) is 20.8. The SMILES string of the molecule is Cc1noc(C)c1CSc1ccccc1C(=O)Nc1ccc(CCN(C)C)cc1. The van der Waals surface area contributed by atoms with E-state index in [9.17, 15) is 4.79 Å². The van der Waals surface area contributed by atoms with E-state index in [4.69, 9.17) is 4.52 Å². The lowest BCUT2D eigenvalue weighted by atomic mass is 10.1. The van der Waals surface area contributed by atoms with Gasteiger partial charge >= 0.3 is 0 Å². The summed E-state index contributed by atoms with van der Waals surface area (Å²) in [6.07, 6.45) is 0.988. The van der Waals surface area contributed by atoms with E-state index in [-0.39, 0.29) is 5.91 Å². The Morgan fingerprint density at radius 1 is 1.10 bits per heavy atom. The van der Waals surface area contributed by atoms with Crippen molar-refractivity contribution < 1.29 is 9.32 Å². The Kier molecular flexibility index (Phi) is 7.12. The molecule has 0 aliphatic rings. The van der Waals surface area contributed by atoms with Gasteiger partial charge in [0, 0.05) is 28.4 Å². The summed E-state index contributed by atoms with van der Waals surface area (Å²) in [6, 6.07) is 15.7. The largest absolute Gasteiger partial charge is 0.361 e. The molecule has 0 fully saturated rings. The minimum absolute atomic E-state index is 0.104. The number of nitrogens with zero attached hydrogens (tertiary/aromatic N) is 2. The van der Waals surface area contributed by atoms with Crippen molar-refractivity contribution >= 4 is 23.4 Å². The van der Waals surface area contributed by atoms with Crippen LogP contribution in [0, 0.1) is 13.8 Å². The second kappa shape index (κ2) is 9.76. The van der Waals surface area contributed by atoms with E-state index in [1.54, 1.807) is 11.8 Å². The highest BCUT2D eigenvalue weighted by Gasteiger charge is 2.14.